The Morgan fingerprint density at radius 2 is 1.97 bits per heavy atom. The van der Waals surface area contributed by atoms with E-state index >= 15 is 0 Å². The SMILES string of the molecule is CCOc1ccc(NC(=O)c2cc3nccc(-c4nn(CC)cc4Br)n3n2)cc1. The number of amides is 1. The largest absolute Gasteiger partial charge is 0.494 e. The number of nitrogens with one attached hydrogen (secondary N) is 1. The predicted octanol–water partition coefficient (Wildman–Crippen LogP) is 4.03. The smallest absolute Gasteiger partial charge is 0.276 e. The monoisotopic (exact) mass is 454 g/mol. The number of fused-ring (bicyclic) bond motifs is 1. The molecule has 0 saturated carbocycles. The summed E-state index contributed by atoms with van der Waals surface area (Å²) >= 11 is 3.54. The molecule has 0 fully saturated rings. The van der Waals surface area contributed by atoms with Crippen molar-refractivity contribution < 1.29 is 9.53 Å². The number of aromatic nitrogens is 5. The second kappa shape index (κ2) is 8.04. The Labute approximate surface area is 175 Å². The molecule has 0 aliphatic rings. The zero-order valence-corrected chi connectivity index (χ0v) is 17.5. The third kappa shape index (κ3) is 3.86. The number of carbonyl (C=O) groups is 1. The Bertz CT molecular complexity index is 1170. The lowest BCUT2D eigenvalue weighted by atomic mass is 10.3. The molecule has 148 valence electrons. The number of carbonyl (C=O) groups excluding carboxylic acids is 1. The van der Waals surface area contributed by atoms with Crippen LogP contribution in [0.3, 0.4) is 0 Å². The molecule has 1 aromatic carbocycles. The van der Waals surface area contributed by atoms with Crippen LogP contribution in [0, 0.1) is 0 Å². The summed E-state index contributed by atoms with van der Waals surface area (Å²) in [7, 11) is 0. The molecular weight excluding hydrogens is 436 g/mol. The zero-order valence-electron chi connectivity index (χ0n) is 16.0. The van der Waals surface area contributed by atoms with Crippen molar-refractivity contribution in [2.75, 3.05) is 11.9 Å². The van der Waals surface area contributed by atoms with Gasteiger partial charge in [0.05, 0.1) is 16.8 Å². The van der Waals surface area contributed by atoms with Gasteiger partial charge in [-0.3, -0.25) is 9.48 Å². The van der Waals surface area contributed by atoms with Crippen molar-refractivity contribution in [2.24, 2.45) is 0 Å². The Morgan fingerprint density at radius 1 is 1.17 bits per heavy atom. The molecule has 0 saturated heterocycles. The molecule has 0 aliphatic carbocycles. The van der Waals surface area contributed by atoms with Crippen molar-refractivity contribution in [1.82, 2.24) is 24.4 Å². The first-order valence-electron chi connectivity index (χ1n) is 9.21. The van der Waals surface area contributed by atoms with Gasteiger partial charge in [-0.15, -0.1) is 0 Å². The molecule has 4 aromatic rings. The number of rotatable bonds is 6. The van der Waals surface area contributed by atoms with Gasteiger partial charge < -0.3 is 10.1 Å². The highest BCUT2D eigenvalue weighted by Gasteiger charge is 2.17. The number of halogens is 1. The van der Waals surface area contributed by atoms with Crippen molar-refractivity contribution in [1.29, 1.82) is 0 Å². The molecular formula is C20H19BrN6O2. The van der Waals surface area contributed by atoms with E-state index in [1.54, 1.807) is 28.9 Å². The van der Waals surface area contributed by atoms with Crippen molar-refractivity contribution in [3.8, 4) is 17.1 Å². The van der Waals surface area contributed by atoms with Gasteiger partial charge in [0.1, 0.15) is 11.4 Å². The molecule has 0 aliphatic heterocycles. The second-order valence-electron chi connectivity index (χ2n) is 6.22. The minimum absolute atomic E-state index is 0.268. The summed E-state index contributed by atoms with van der Waals surface area (Å²) in [5.74, 6) is 0.438. The molecule has 3 aromatic heterocycles. The number of anilines is 1. The number of nitrogens with zero attached hydrogens (tertiary/aromatic N) is 5. The van der Waals surface area contributed by atoms with Crippen LogP contribution in [-0.2, 0) is 6.54 Å². The van der Waals surface area contributed by atoms with E-state index in [4.69, 9.17) is 4.74 Å². The number of ether oxygens (including phenoxy) is 1. The van der Waals surface area contributed by atoms with Crippen molar-refractivity contribution in [2.45, 2.75) is 20.4 Å². The maximum atomic E-state index is 12.7. The van der Waals surface area contributed by atoms with Crippen LogP contribution in [0.5, 0.6) is 5.75 Å². The van der Waals surface area contributed by atoms with E-state index < -0.39 is 0 Å². The van der Waals surface area contributed by atoms with E-state index in [0.29, 0.717) is 17.9 Å². The predicted molar refractivity (Wildman–Crippen MR) is 113 cm³/mol. The zero-order chi connectivity index (χ0) is 20.4. The Kier molecular flexibility index (Phi) is 5.30. The first kappa shape index (κ1) is 19.1. The lowest BCUT2D eigenvalue weighted by Gasteiger charge is -2.05. The minimum atomic E-state index is -0.316. The topological polar surface area (TPSA) is 86.3 Å². The molecule has 4 rings (SSSR count). The van der Waals surface area contributed by atoms with E-state index in [-0.39, 0.29) is 11.6 Å². The van der Waals surface area contributed by atoms with Gasteiger partial charge in [0, 0.05) is 30.7 Å². The molecule has 1 amide bonds. The molecule has 9 heteroatoms. The quantitative estimate of drug-likeness (QED) is 0.475. The fourth-order valence-corrected chi connectivity index (χ4v) is 3.43. The summed E-state index contributed by atoms with van der Waals surface area (Å²) in [4.78, 5) is 17.0. The Morgan fingerprint density at radius 3 is 2.66 bits per heavy atom. The standard InChI is InChI=1S/C20H19BrN6O2/c1-3-26-12-15(21)19(25-26)17-9-10-22-18-11-16(24-27(17)18)20(28)23-13-5-7-14(8-6-13)29-4-2/h5-12H,3-4H2,1-2H3,(H,23,28). The summed E-state index contributed by atoms with van der Waals surface area (Å²) in [5, 5.41) is 11.9. The van der Waals surface area contributed by atoms with E-state index in [9.17, 15) is 4.79 Å². The summed E-state index contributed by atoms with van der Waals surface area (Å²) in [5.41, 5.74) is 2.98. The molecule has 3 heterocycles. The van der Waals surface area contributed by atoms with Gasteiger partial charge in [0.2, 0.25) is 0 Å². The van der Waals surface area contributed by atoms with Crippen molar-refractivity contribution in [3.63, 3.8) is 0 Å². The first-order chi connectivity index (χ1) is 14.1. The van der Waals surface area contributed by atoms with Crippen LogP contribution in [0.4, 0.5) is 5.69 Å². The first-order valence-corrected chi connectivity index (χ1v) is 10.0. The van der Waals surface area contributed by atoms with Crippen molar-refractivity contribution >= 4 is 33.2 Å². The number of hydrogen-bond acceptors (Lipinski definition) is 5. The van der Waals surface area contributed by atoms with Crippen molar-refractivity contribution in [3.05, 3.63) is 59.0 Å². The number of benzene rings is 1. The number of aryl methyl sites for hydroxylation is 1. The highest BCUT2D eigenvalue weighted by atomic mass is 79.9. The maximum absolute atomic E-state index is 12.7. The van der Waals surface area contributed by atoms with Crippen LogP contribution in [0.1, 0.15) is 24.3 Å². The van der Waals surface area contributed by atoms with Gasteiger partial charge in [-0.2, -0.15) is 10.2 Å². The van der Waals surface area contributed by atoms with Gasteiger partial charge in [-0.25, -0.2) is 9.50 Å². The lowest BCUT2D eigenvalue weighted by Crippen LogP contribution is -2.12. The molecule has 0 radical (unpaired) electrons. The van der Waals surface area contributed by atoms with Gasteiger partial charge in [-0.05, 0) is 60.1 Å². The van der Waals surface area contributed by atoms with Gasteiger partial charge >= 0.3 is 0 Å². The molecule has 0 atom stereocenters. The van der Waals surface area contributed by atoms with E-state index in [1.165, 1.54) is 0 Å². The van der Waals surface area contributed by atoms with E-state index in [1.807, 2.05) is 42.9 Å². The Hall–Kier alpha value is -3.20. The summed E-state index contributed by atoms with van der Waals surface area (Å²) in [6, 6.07) is 10.7. The third-order valence-electron chi connectivity index (χ3n) is 4.30. The van der Waals surface area contributed by atoms with Gasteiger partial charge in [0.15, 0.2) is 11.3 Å². The minimum Gasteiger partial charge on any atom is -0.494 e. The van der Waals surface area contributed by atoms with Gasteiger partial charge in [-0.1, -0.05) is 0 Å². The summed E-state index contributed by atoms with van der Waals surface area (Å²) in [6.45, 7) is 5.28. The summed E-state index contributed by atoms with van der Waals surface area (Å²) in [6.07, 6.45) is 3.59. The van der Waals surface area contributed by atoms with Crippen LogP contribution < -0.4 is 10.1 Å². The van der Waals surface area contributed by atoms with E-state index in [2.05, 4.69) is 36.4 Å². The maximum Gasteiger partial charge on any atom is 0.276 e. The molecule has 0 bridgehead atoms. The summed E-state index contributed by atoms with van der Waals surface area (Å²) < 4.78 is 9.72. The van der Waals surface area contributed by atoms with Crippen LogP contribution in [-0.4, -0.2) is 36.9 Å². The second-order valence-corrected chi connectivity index (χ2v) is 7.08. The molecule has 0 spiro atoms. The lowest BCUT2D eigenvalue weighted by molar-refractivity contribution is 0.102. The molecule has 0 unspecified atom stereocenters. The third-order valence-corrected chi connectivity index (χ3v) is 4.88. The highest BCUT2D eigenvalue weighted by molar-refractivity contribution is 9.10. The van der Waals surface area contributed by atoms with Gasteiger partial charge in [0.25, 0.3) is 5.91 Å². The van der Waals surface area contributed by atoms with Crippen LogP contribution in [0.2, 0.25) is 0 Å². The molecule has 8 nitrogen and oxygen atoms in total. The molecule has 29 heavy (non-hydrogen) atoms. The van der Waals surface area contributed by atoms with Crippen LogP contribution in [0.15, 0.2) is 53.3 Å². The van der Waals surface area contributed by atoms with Crippen LogP contribution >= 0.6 is 15.9 Å². The fraction of sp³-hybridized carbons (Fsp3) is 0.200. The van der Waals surface area contributed by atoms with Crippen LogP contribution in [0.25, 0.3) is 17.0 Å². The Balaban J connectivity index is 1.63. The highest BCUT2D eigenvalue weighted by Crippen LogP contribution is 2.27. The normalized spacial score (nSPS) is 11.0. The van der Waals surface area contributed by atoms with E-state index in [0.717, 1.165) is 28.2 Å². The average Bonchev–Trinajstić information content (AvgIpc) is 3.33. The number of hydrogen-bond donors (Lipinski definition) is 1. The fourth-order valence-electron chi connectivity index (χ4n) is 2.91. The molecule has 1 N–H and O–H groups in total. The average molecular weight is 455 g/mol.